The van der Waals surface area contributed by atoms with E-state index in [1.165, 1.54) is 83.5 Å². The Hall–Kier alpha value is -1.78. The Labute approximate surface area is 184 Å². The predicted molar refractivity (Wildman–Crippen MR) is 126 cm³/mol. The molecule has 0 aliphatic rings. The van der Waals surface area contributed by atoms with Gasteiger partial charge < -0.3 is 15.8 Å². The first-order valence-electron chi connectivity index (χ1n) is 12.1. The molecule has 0 aliphatic carbocycles. The number of nitrogens with one attached hydrogen (secondary N) is 1. The SMILES string of the molecule is C=C(CCCCCCCCCC=CCCCCCCCC)C(=O)OCCNC(N)=O. The highest BCUT2D eigenvalue weighted by Crippen LogP contribution is 2.13. The zero-order valence-corrected chi connectivity index (χ0v) is 19.4. The highest BCUT2D eigenvalue weighted by Gasteiger charge is 2.08. The average molecular weight is 423 g/mol. The highest BCUT2D eigenvalue weighted by atomic mass is 16.5. The van der Waals surface area contributed by atoms with Crippen molar-refractivity contribution in [3.8, 4) is 0 Å². The maximum absolute atomic E-state index is 11.7. The molecule has 0 heterocycles. The number of rotatable bonds is 21. The monoisotopic (exact) mass is 422 g/mol. The van der Waals surface area contributed by atoms with Crippen LogP contribution in [0.4, 0.5) is 4.79 Å². The van der Waals surface area contributed by atoms with Crippen molar-refractivity contribution in [2.24, 2.45) is 5.73 Å². The van der Waals surface area contributed by atoms with Crippen molar-refractivity contribution in [1.29, 1.82) is 0 Å². The Morgan fingerprint density at radius 3 is 1.87 bits per heavy atom. The van der Waals surface area contributed by atoms with Gasteiger partial charge in [0.15, 0.2) is 0 Å². The number of carbonyl (C=O) groups excluding carboxylic acids is 2. The minimum atomic E-state index is -0.621. The average Bonchev–Trinajstić information content (AvgIpc) is 2.72. The van der Waals surface area contributed by atoms with Crippen molar-refractivity contribution in [3.63, 3.8) is 0 Å². The van der Waals surface area contributed by atoms with E-state index in [1.807, 2.05) is 0 Å². The van der Waals surface area contributed by atoms with E-state index in [0.29, 0.717) is 12.0 Å². The molecule has 0 aliphatic heterocycles. The molecule has 0 aromatic carbocycles. The maximum atomic E-state index is 11.7. The lowest BCUT2D eigenvalue weighted by atomic mass is 10.0. The van der Waals surface area contributed by atoms with Crippen molar-refractivity contribution in [2.45, 2.75) is 110 Å². The van der Waals surface area contributed by atoms with Crippen LogP contribution >= 0.6 is 0 Å². The second kappa shape index (κ2) is 21.9. The fourth-order valence-electron chi connectivity index (χ4n) is 3.28. The highest BCUT2D eigenvalue weighted by molar-refractivity contribution is 5.87. The summed E-state index contributed by atoms with van der Waals surface area (Å²) in [5.41, 5.74) is 5.44. The molecule has 0 radical (unpaired) electrons. The number of amides is 2. The summed E-state index contributed by atoms with van der Waals surface area (Å²) in [7, 11) is 0. The van der Waals surface area contributed by atoms with Crippen LogP contribution in [0.2, 0.25) is 0 Å². The number of carbonyl (C=O) groups is 2. The quantitative estimate of drug-likeness (QED) is 0.0949. The van der Waals surface area contributed by atoms with Gasteiger partial charge in [0.2, 0.25) is 0 Å². The second-order valence-electron chi connectivity index (χ2n) is 8.07. The standard InChI is InChI=1S/C25H46N2O3/c1-3-4-5-6-7-8-9-10-11-12-13-14-15-16-17-18-19-20-23(2)24(28)30-22-21-27-25(26)29/h10-11H,2-9,12-22H2,1H3,(H3,26,27,29). The molecule has 2 amide bonds. The van der Waals surface area contributed by atoms with Crippen LogP contribution in [-0.2, 0) is 9.53 Å². The number of hydrogen-bond donors (Lipinski definition) is 2. The van der Waals surface area contributed by atoms with Crippen LogP contribution < -0.4 is 11.1 Å². The van der Waals surface area contributed by atoms with E-state index in [-0.39, 0.29) is 19.1 Å². The van der Waals surface area contributed by atoms with Gasteiger partial charge >= 0.3 is 12.0 Å². The van der Waals surface area contributed by atoms with Gasteiger partial charge in [0.1, 0.15) is 6.61 Å². The fourth-order valence-corrected chi connectivity index (χ4v) is 3.28. The van der Waals surface area contributed by atoms with E-state index in [9.17, 15) is 9.59 Å². The van der Waals surface area contributed by atoms with Crippen LogP contribution in [-0.4, -0.2) is 25.2 Å². The topological polar surface area (TPSA) is 81.4 Å². The van der Waals surface area contributed by atoms with Crippen LogP contribution in [0.15, 0.2) is 24.3 Å². The maximum Gasteiger partial charge on any atom is 0.333 e. The van der Waals surface area contributed by atoms with E-state index < -0.39 is 6.03 Å². The number of hydrogen-bond acceptors (Lipinski definition) is 3. The second-order valence-corrected chi connectivity index (χ2v) is 8.07. The summed E-state index contributed by atoms with van der Waals surface area (Å²) in [5, 5.41) is 2.37. The summed E-state index contributed by atoms with van der Waals surface area (Å²) in [6, 6.07) is -0.621. The molecule has 0 aromatic heterocycles. The number of urea groups is 1. The summed E-state index contributed by atoms with van der Waals surface area (Å²) < 4.78 is 5.02. The molecule has 0 aromatic rings. The predicted octanol–water partition coefficient (Wildman–Crippen LogP) is 6.57. The van der Waals surface area contributed by atoms with E-state index in [4.69, 9.17) is 10.5 Å². The molecule has 0 saturated carbocycles. The fraction of sp³-hybridized carbons (Fsp3) is 0.760. The Bertz CT molecular complexity index is 475. The molecule has 3 N–H and O–H groups in total. The Morgan fingerprint density at radius 2 is 1.33 bits per heavy atom. The first-order chi connectivity index (χ1) is 14.6. The number of nitrogens with two attached hydrogens (primary N) is 1. The molecule has 30 heavy (non-hydrogen) atoms. The van der Waals surface area contributed by atoms with Crippen LogP contribution in [0.3, 0.4) is 0 Å². The third-order valence-electron chi connectivity index (χ3n) is 5.16. The van der Waals surface area contributed by atoms with E-state index in [1.54, 1.807) is 0 Å². The number of esters is 1. The van der Waals surface area contributed by atoms with Crippen LogP contribution in [0, 0.1) is 0 Å². The smallest absolute Gasteiger partial charge is 0.333 e. The Balaban J connectivity index is 3.33. The minimum Gasteiger partial charge on any atom is -0.460 e. The van der Waals surface area contributed by atoms with Crippen LogP contribution in [0.1, 0.15) is 110 Å². The van der Waals surface area contributed by atoms with Crippen LogP contribution in [0.5, 0.6) is 0 Å². The van der Waals surface area contributed by atoms with E-state index in [0.717, 1.165) is 12.8 Å². The van der Waals surface area contributed by atoms with E-state index in [2.05, 4.69) is 31.0 Å². The number of allylic oxidation sites excluding steroid dienone is 2. The van der Waals surface area contributed by atoms with Crippen molar-refractivity contribution < 1.29 is 14.3 Å². The molecule has 5 nitrogen and oxygen atoms in total. The summed E-state index contributed by atoms with van der Waals surface area (Å²) >= 11 is 0. The van der Waals surface area contributed by atoms with Crippen molar-refractivity contribution in [3.05, 3.63) is 24.3 Å². The third-order valence-corrected chi connectivity index (χ3v) is 5.16. The first kappa shape index (κ1) is 28.2. The zero-order valence-electron chi connectivity index (χ0n) is 19.4. The summed E-state index contributed by atoms with van der Waals surface area (Å²) in [4.78, 5) is 22.2. The lowest BCUT2D eigenvalue weighted by molar-refractivity contribution is -0.139. The summed E-state index contributed by atoms with van der Waals surface area (Å²) in [5.74, 6) is -0.384. The number of ether oxygens (including phenoxy) is 1. The molecule has 0 rings (SSSR count). The van der Waals surface area contributed by atoms with Gasteiger partial charge in [-0.25, -0.2) is 9.59 Å². The number of unbranched alkanes of at least 4 members (excludes halogenated alkanes) is 13. The van der Waals surface area contributed by atoms with Gasteiger partial charge in [0.25, 0.3) is 0 Å². The summed E-state index contributed by atoms with van der Waals surface area (Å²) in [6.07, 6.45) is 24.5. The molecule has 0 spiro atoms. The molecule has 0 saturated heterocycles. The molecular formula is C25H46N2O3. The molecule has 5 heteroatoms. The zero-order chi connectivity index (χ0) is 22.3. The molecule has 174 valence electrons. The van der Waals surface area contributed by atoms with Crippen LogP contribution in [0.25, 0.3) is 0 Å². The third kappa shape index (κ3) is 20.9. The largest absolute Gasteiger partial charge is 0.460 e. The lowest BCUT2D eigenvalue weighted by Gasteiger charge is -2.07. The normalized spacial score (nSPS) is 11.0. The van der Waals surface area contributed by atoms with Gasteiger partial charge in [-0.1, -0.05) is 89.9 Å². The van der Waals surface area contributed by atoms with E-state index >= 15 is 0 Å². The molecule has 0 bridgehead atoms. The number of primary amides is 1. The molecule has 0 atom stereocenters. The minimum absolute atomic E-state index is 0.120. The van der Waals surface area contributed by atoms with Crippen molar-refractivity contribution in [2.75, 3.05) is 13.2 Å². The molecular weight excluding hydrogens is 376 g/mol. The Morgan fingerprint density at radius 1 is 0.833 bits per heavy atom. The van der Waals surface area contributed by atoms with Gasteiger partial charge in [-0.05, 0) is 38.5 Å². The van der Waals surface area contributed by atoms with Gasteiger partial charge in [-0.3, -0.25) is 0 Å². The Kier molecular flexibility index (Phi) is 20.6. The molecule has 0 unspecified atom stereocenters. The van der Waals surface area contributed by atoms with Crippen molar-refractivity contribution >= 4 is 12.0 Å². The van der Waals surface area contributed by atoms with Gasteiger partial charge in [-0.15, -0.1) is 0 Å². The van der Waals surface area contributed by atoms with Gasteiger partial charge in [-0.2, -0.15) is 0 Å². The first-order valence-corrected chi connectivity index (χ1v) is 12.1. The van der Waals surface area contributed by atoms with Gasteiger partial charge in [0.05, 0.1) is 6.54 Å². The molecule has 0 fully saturated rings. The lowest BCUT2D eigenvalue weighted by Crippen LogP contribution is -2.32. The van der Waals surface area contributed by atoms with Crippen molar-refractivity contribution in [1.82, 2.24) is 5.32 Å². The summed E-state index contributed by atoms with van der Waals surface area (Å²) in [6.45, 7) is 6.40. The van der Waals surface area contributed by atoms with Gasteiger partial charge in [0, 0.05) is 5.57 Å².